The highest BCUT2D eigenvalue weighted by atomic mass is 35.5. The van der Waals surface area contributed by atoms with Gasteiger partial charge >= 0.3 is 0 Å². The summed E-state index contributed by atoms with van der Waals surface area (Å²) >= 11 is 11.7. The van der Waals surface area contributed by atoms with Crippen molar-refractivity contribution in [1.29, 1.82) is 0 Å². The molecule has 0 unspecified atom stereocenters. The Hall–Kier alpha value is 0.580. The molecule has 0 radical (unpaired) electrons. The number of alkyl halides is 2. The Bertz CT molecular complexity index is 113. The summed E-state index contributed by atoms with van der Waals surface area (Å²) in [4.78, 5) is 0. The minimum absolute atomic E-state index is 0.556. The average Bonchev–Trinajstić information content (AvgIpc) is 2.10. The lowest BCUT2D eigenvalue weighted by Crippen LogP contribution is -2.23. The third-order valence-electron chi connectivity index (χ3n) is 3.12. The van der Waals surface area contributed by atoms with Gasteiger partial charge < -0.3 is 0 Å². The van der Waals surface area contributed by atoms with Crippen molar-refractivity contribution in [2.45, 2.75) is 32.6 Å². The molecule has 0 saturated heterocycles. The van der Waals surface area contributed by atoms with Crippen LogP contribution in [0.15, 0.2) is 0 Å². The molecule has 12 heavy (non-hydrogen) atoms. The maximum atomic E-state index is 5.85. The highest BCUT2D eigenvalue weighted by Crippen LogP contribution is 2.34. The summed E-state index contributed by atoms with van der Waals surface area (Å²) in [6.45, 7) is 2.34. The SMILES string of the molecule is CC1CCC(C(CCl)CCl)CC1. The predicted molar refractivity (Wildman–Crippen MR) is 56.1 cm³/mol. The summed E-state index contributed by atoms with van der Waals surface area (Å²) < 4.78 is 0. The lowest BCUT2D eigenvalue weighted by Gasteiger charge is -2.30. The van der Waals surface area contributed by atoms with Crippen LogP contribution in [0, 0.1) is 17.8 Å². The molecule has 72 valence electrons. The van der Waals surface area contributed by atoms with E-state index in [0.717, 1.165) is 23.6 Å². The van der Waals surface area contributed by atoms with Gasteiger partial charge in [-0.2, -0.15) is 0 Å². The van der Waals surface area contributed by atoms with Gasteiger partial charge in [0, 0.05) is 11.8 Å². The van der Waals surface area contributed by atoms with Crippen LogP contribution < -0.4 is 0 Å². The molecule has 1 rings (SSSR count). The van der Waals surface area contributed by atoms with Gasteiger partial charge in [0.2, 0.25) is 0 Å². The molecule has 2 heteroatoms. The molecule has 0 spiro atoms. The van der Waals surface area contributed by atoms with E-state index in [-0.39, 0.29) is 0 Å². The first-order chi connectivity index (χ1) is 5.77. The molecule has 0 atom stereocenters. The molecule has 0 N–H and O–H groups in total. The van der Waals surface area contributed by atoms with E-state index in [1.807, 2.05) is 0 Å². The molecule has 0 aromatic rings. The van der Waals surface area contributed by atoms with Gasteiger partial charge in [-0.1, -0.05) is 19.8 Å². The number of hydrogen-bond donors (Lipinski definition) is 0. The molecule has 0 nitrogen and oxygen atoms in total. The molecule has 0 heterocycles. The van der Waals surface area contributed by atoms with E-state index in [1.54, 1.807) is 0 Å². The van der Waals surface area contributed by atoms with E-state index >= 15 is 0 Å². The Morgan fingerprint density at radius 1 is 1.08 bits per heavy atom. The van der Waals surface area contributed by atoms with Crippen LogP contribution in [0.5, 0.6) is 0 Å². The lowest BCUT2D eigenvalue weighted by atomic mass is 9.77. The fourth-order valence-corrected chi connectivity index (χ4v) is 2.88. The van der Waals surface area contributed by atoms with Crippen LogP contribution in [0.4, 0.5) is 0 Å². The van der Waals surface area contributed by atoms with E-state index in [2.05, 4.69) is 6.92 Å². The summed E-state index contributed by atoms with van der Waals surface area (Å²) in [5, 5.41) is 0. The van der Waals surface area contributed by atoms with Crippen molar-refractivity contribution in [2.24, 2.45) is 17.8 Å². The monoisotopic (exact) mass is 208 g/mol. The predicted octanol–water partition coefficient (Wildman–Crippen LogP) is 3.91. The number of rotatable bonds is 3. The summed E-state index contributed by atoms with van der Waals surface area (Å²) in [7, 11) is 0. The van der Waals surface area contributed by atoms with Gasteiger partial charge in [-0.25, -0.2) is 0 Å². The van der Waals surface area contributed by atoms with Crippen LogP contribution in [0.1, 0.15) is 32.6 Å². The fourth-order valence-electron chi connectivity index (χ4n) is 2.05. The molecule has 0 aromatic carbocycles. The minimum atomic E-state index is 0.556. The molecule has 0 aromatic heterocycles. The van der Waals surface area contributed by atoms with Crippen molar-refractivity contribution in [3.63, 3.8) is 0 Å². The largest absolute Gasteiger partial charge is 0.126 e. The van der Waals surface area contributed by atoms with Crippen molar-refractivity contribution in [2.75, 3.05) is 11.8 Å². The Morgan fingerprint density at radius 3 is 2.00 bits per heavy atom. The molecule has 1 fully saturated rings. The van der Waals surface area contributed by atoms with E-state index < -0.39 is 0 Å². The van der Waals surface area contributed by atoms with Crippen LogP contribution in [-0.4, -0.2) is 11.8 Å². The second-order valence-corrected chi connectivity index (χ2v) is 4.71. The minimum Gasteiger partial charge on any atom is -0.126 e. The molecule has 1 aliphatic carbocycles. The first-order valence-electron chi connectivity index (χ1n) is 4.89. The summed E-state index contributed by atoms with van der Waals surface area (Å²) in [6.07, 6.45) is 5.42. The number of hydrogen-bond acceptors (Lipinski definition) is 0. The molecule has 0 amide bonds. The van der Waals surface area contributed by atoms with Crippen molar-refractivity contribution >= 4 is 23.2 Å². The van der Waals surface area contributed by atoms with Gasteiger partial charge in [0.1, 0.15) is 0 Å². The summed E-state index contributed by atoms with van der Waals surface area (Å²) in [6, 6.07) is 0. The van der Waals surface area contributed by atoms with Crippen LogP contribution in [0.2, 0.25) is 0 Å². The molecule has 0 aliphatic heterocycles. The highest BCUT2D eigenvalue weighted by Gasteiger charge is 2.24. The average molecular weight is 209 g/mol. The van der Waals surface area contributed by atoms with E-state index in [0.29, 0.717) is 5.92 Å². The van der Waals surface area contributed by atoms with Gasteiger partial charge in [-0.15, -0.1) is 23.2 Å². The van der Waals surface area contributed by atoms with Gasteiger partial charge in [0.05, 0.1) is 0 Å². The molecular weight excluding hydrogens is 191 g/mol. The first-order valence-corrected chi connectivity index (χ1v) is 5.96. The lowest BCUT2D eigenvalue weighted by molar-refractivity contribution is 0.238. The van der Waals surface area contributed by atoms with Crippen molar-refractivity contribution < 1.29 is 0 Å². The first kappa shape index (κ1) is 10.7. The van der Waals surface area contributed by atoms with Gasteiger partial charge in [-0.3, -0.25) is 0 Å². The van der Waals surface area contributed by atoms with Crippen molar-refractivity contribution in [3.05, 3.63) is 0 Å². The fraction of sp³-hybridized carbons (Fsp3) is 1.00. The zero-order valence-corrected chi connectivity index (χ0v) is 9.24. The maximum absolute atomic E-state index is 5.85. The Balaban J connectivity index is 2.32. The van der Waals surface area contributed by atoms with E-state index in [1.165, 1.54) is 25.7 Å². The smallest absolute Gasteiger partial charge is 0.0265 e. The van der Waals surface area contributed by atoms with Gasteiger partial charge in [0.25, 0.3) is 0 Å². The van der Waals surface area contributed by atoms with Crippen molar-refractivity contribution in [3.8, 4) is 0 Å². The Kier molecular flexibility index (Phi) is 4.74. The third kappa shape index (κ3) is 2.81. The molecular formula is C10H18Cl2. The summed E-state index contributed by atoms with van der Waals surface area (Å²) in [5.41, 5.74) is 0. The van der Waals surface area contributed by atoms with E-state index in [4.69, 9.17) is 23.2 Å². The van der Waals surface area contributed by atoms with Crippen molar-refractivity contribution in [1.82, 2.24) is 0 Å². The normalized spacial score (nSPS) is 31.0. The zero-order chi connectivity index (χ0) is 8.97. The zero-order valence-electron chi connectivity index (χ0n) is 7.73. The topological polar surface area (TPSA) is 0 Å². The summed E-state index contributed by atoms with van der Waals surface area (Å²) in [5.74, 6) is 3.76. The Morgan fingerprint density at radius 2 is 1.58 bits per heavy atom. The standard InChI is InChI=1S/C10H18Cl2/c1-8-2-4-9(5-3-8)10(6-11)7-12/h8-10H,2-7H2,1H3. The van der Waals surface area contributed by atoms with Crippen LogP contribution in [0.3, 0.4) is 0 Å². The van der Waals surface area contributed by atoms with Crippen LogP contribution in [0.25, 0.3) is 0 Å². The molecule has 1 saturated carbocycles. The van der Waals surface area contributed by atoms with Gasteiger partial charge in [0.15, 0.2) is 0 Å². The molecule has 1 aliphatic rings. The highest BCUT2D eigenvalue weighted by molar-refractivity contribution is 6.20. The van der Waals surface area contributed by atoms with Crippen LogP contribution in [-0.2, 0) is 0 Å². The van der Waals surface area contributed by atoms with Gasteiger partial charge in [-0.05, 0) is 30.6 Å². The molecule has 0 bridgehead atoms. The quantitative estimate of drug-likeness (QED) is 0.618. The number of halogens is 2. The Labute approximate surface area is 85.6 Å². The third-order valence-corrected chi connectivity index (χ3v) is 3.92. The van der Waals surface area contributed by atoms with E-state index in [9.17, 15) is 0 Å². The van der Waals surface area contributed by atoms with Crippen LogP contribution >= 0.6 is 23.2 Å². The maximum Gasteiger partial charge on any atom is 0.0265 e. The second kappa shape index (κ2) is 5.34. The second-order valence-electron chi connectivity index (χ2n) is 4.09.